The summed E-state index contributed by atoms with van der Waals surface area (Å²) in [7, 11) is -3.23. The van der Waals surface area contributed by atoms with E-state index in [4.69, 9.17) is 25.4 Å². The lowest BCUT2D eigenvalue weighted by atomic mass is 10.1. The fraction of sp³-hybridized carbons (Fsp3) is 0.455. The number of aliphatic hydroxyl groups is 1. The van der Waals surface area contributed by atoms with Gasteiger partial charge in [-0.2, -0.15) is 0 Å². The van der Waals surface area contributed by atoms with E-state index in [0.29, 0.717) is 30.5 Å². The quantitative estimate of drug-likeness (QED) is 0.354. The van der Waals surface area contributed by atoms with Crippen LogP contribution in [-0.2, 0) is 20.0 Å². The molecule has 2 aromatic carbocycles. The van der Waals surface area contributed by atoms with Crippen LogP contribution in [-0.4, -0.2) is 37.3 Å². The van der Waals surface area contributed by atoms with Crippen molar-refractivity contribution in [3.63, 3.8) is 0 Å². The van der Waals surface area contributed by atoms with Gasteiger partial charge in [-0.05, 0) is 62.6 Å². The smallest absolute Gasteiger partial charge is 0.367 e. The van der Waals surface area contributed by atoms with Crippen molar-refractivity contribution in [2.45, 2.75) is 39.3 Å². The topological polar surface area (TPSA) is 77.0 Å². The van der Waals surface area contributed by atoms with Crippen molar-refractivity contribution in [2.24, 2.45) is 0 Å². The summed E-state index contributed by atoms with van der Waals surface area (Å²) < 4.78 is 28.5. The Morgan fingerprint density at radius 2 is 1.74 bits per heavy atom. The van der Waals surface area contributed by atoms with Crippen LogP contribution in [0.15, 0.2) is 48.5 Å². The minimum atomic E-state index is -3.23. The van der Waals surface area contributed by atoms with Gasteiger partial charge in [-0.15, -0.1) is 12.4 Å². The van der Waals surface area contributed by atoms with Gasteiger partial charge in [0.25, 0.3) is 0 Å². The van der Waals surface area contributed by atoms with Crippen molar-refractivity contribution in [1.29, 1.82) is 0 Å². The normalized spacial score (nSPS) is 13.3. The third kappa shape index (κ3) is 9.92. The Morgan fingerprint density at radius 1 is 1.10 bits per heavy atom. The molecule has 2 aromatic rings. The maximum Gasteiger partial charge on any atom is 0.367 e. The van der Waals surface area contributed by atoms with Gasteiger partial charge in [0.05, 0.1) is 19.3 Å². The zero-order chi connectivity index (χ0) is 22.0. The molecule has 2 unspecified atom stereocenters. The third-order valence-corrected chi connectivity index (χ3v) is 6.38. The van der Waals surface area contributed by atoms with Gasteiger partial charge in [-0.1, -0.05) is 35.9 Å². The lowest BCUT2D eigenvalue weighted by Gasteiger charge is -2.18. The standard InChI is InChI=1S/C22H31ClNO5P.ClH/c1-4-28-30(26,29-5-2)16-27-21-11-9-18(10-12-21)13-17(3)24-15-22(25)19-7-6-8-20(23)14-19;/h6-12,14,17,22,24-25H,4-5,13,15-16H2,1-3H3;1H. The molecule has 0 aromatic heterocycles. The lowest BCUT2D eigenvalue weighted by molar-refractivity contribution is 0.170. The highest BCUT2D eigenvalue weighted by atomic mass is 35.5. The maximum absolute atomic E-state index is 12.4. The predicted octanol–water partition coefficient (Wildman–Crippen LogP) is 5.62. The van der Waals surface area contributed by atoms with E-state index in [1.165, 1.54) is 0 Å². The molecule has 0 radical (unpaired) electrons. The molecule has 174 valence electrons. The second-order valence-corrected chi connectivity index (χ2v) is 9.38. The molecule has 9 heteroatoms. The van der Waals surface area contributed by atoms with Crippen molar-refractivity contribution < 1.29 is 23.5 Å². The minimum Gasteiger partial charge on any atom is -0.481 e. The molecule has 0 heterocycles. The van der Waals surface area contributed by atoms with Crippen molar-refractivity contribution in [3.8, 4) is 5.75 Å². The molecule has 0 spiro atoms. The second kappa shape index (κ2) is 14.1. The Kier molecular flexibility index (Phi) is 12.7. The molecule has 2 atom stereocenters. The van der Waals surface area contributed by atoms with Gasteiger partial charge in [0.2, 0.25) is 0 Å². The highest BCUT2D eigenvalue weighted by Gasteiger charge is 2.24. The van der Waals surface area contributed by atoms with Crippen molar-refractivity contribution in [2.75, 3.05) is 26.1 Å². The number of halogens is 2. The number of aliphatic hydroxyl groups excluding tert-OH is 1. The molecule has 0 aliphatic carbocycles. The summed E-state index contributed by atoms with van der Waals surface area (Å²) in [6.07, 6.45) is 0.0556. The molecular formula is C22H32Cl2NO5P. The largest absolute Gasteiger partial charge is 0.481 e. The molecule has 0 aliphatic rings. The van der Waals surface area contributed by atoms with Crippen LogP contribution in [0.1, 0.15) is 38.0 Å². The van der Waals surface area contributed by atoms with Crippen LogP contribution >= 0.6 is 31.6 Å². The van der Waals surface area contributed by atoms with E-state index < -0.39 is 13.7 Å². The first-order chi connectivity index (χ1) is 14.3. The van der Waals surface area contributed by atoms with E-state index >= 15 is 0 Å². The van der Waals surface area contributed by atoms with Crippen LogP contribution in [0.2, 0.25) is 5.02 Å². The summed E-state index contributed by atoms with van der Waals surface area (Å²) in [6, 6.07) is 15.0. The molecule has 0 bridgehead atoms. The first-order valence-electron chi connectivity index (χ1n) is 10.1. The molecule has 2 N–H and O–H groups in total. The molecule has 0 amide bonds. The minimum absolute atomic E-state index is 0. The molecule has 31 heavy (non-hydrogen) atoms. The summed E-state index contributed by atoms with van der Waals surface area (Å²) in [5, 5.41) is 14.3. The SMILES string of the molecule is CCOP(=O)(COc1ccc(CC(C)NCC(O)c2cccc(Cl)c2)cc1)OCC.Cl. The summed E-state index contributed by atoms with van der Waals surface area (Å²) in [4.78, 5) is 0. The van der Waals surface area contributed by atoms with Crippen LogP contribution in [0, 0.1) is 0 Å². The summed E-state index contributed by atoms with van der Waals surface area (Å²) in [5.74, 6) is 0.607. The first kappa shape index (κ1) is 27.9. The average molecular weight is 492 g/mol. The Hall–Kier alpha value is -1.11. The second-order valence-electron chi connectivity index (χ2n) is 6.95. The Bertz CT molecular complexity index is 812. The Morgan fingerprint density at radius 3 is 2.32 bits per heavy atom. The Labute approximate surface area is 196 Å². The average Bonchev–Trinajstić information content (AvgIpc) is 2.72. The number of hydrogen-bond donors (Lipinski definition) is 2. The molecule has 0 fully saturated rings. The lowest BCUT2D eigenvalue weighted by Crippen LogP contribution is -2.32. The maximum atomic E-state index is 12.4. The zero-order valence-electron chi connectivity index (χ0n) is 18.1. The van der Waals surface area contributed by atoms with Crippen molar-refractivity contribution >= 4 is 31.6 Å². The zero-order valence-corrected chi connectivity index (χ0v) is 20.6. The van der Waals surface area contributed by atoms with Gasteiger partial charge in [-0.3, -0.25) is 4.57 Å². The molecule has 6 nitrogen and oxygen atoms in total. The van der Waals surface area contributed by atoms with Gasteiger partial charge in [0.15, 0.2) is 6.35 Å². The van der Waals surface area contributed by atoms with E-state index in [1.54, 1.807) is 26.0 Å². The van der Waals surface area contributed by atoms with Crippen molar-refractivity contribution in [1.82, 2.24) is 5.32 Å². The molecule has 2 rings (SSSR count). The number of ether oxygens (including phenoxy) is 1. The predicted molar refractivity (Wildman–Crippen MR) is 128 cm³/mol. The molecular weight excluding hydrogens is 460 g/mol. The molecule has 0 saturated carbocycles. The molecule has 0 aliphatic heterocycles. The van der Waals surface area contributed by atoms with Gasteiger partial charge < -0.3 is 24.2 Å². The van der Waals surface area contributed by atoms with E-state index in [1.807, 2.05) is 36.4 Å². The fourth-order valence-corrected chi connectivity index (χ4v) is 4.47. The highest BCUT2D eigenvalue weighted by Crippen LogP contribution is 2.47. The number of rotatable bonds is 13. The van der Waals surface area contributed by atoms with Crippen molar-refractivity contribution in [3.05, 3.63) is 64.7 Å². The van der Waals surface area contributed by atoms with Gasteiger partial charge in [-0.25, -0.2) is 0 Å². The van der Waals surface area contributed by atoms with Crippen LogP contribution in [0.4, 0.5) is 0 Å². The number of benzene rings is 2. The van der Waals surface area contributed by atoms with E-state index in [-0.39, 0.29) is 24.8 Å². The van der Waals surface area contributed by atoms with Crippen LogP contribution in [0.25, 0.3) is 0 Å². The molecule has 0 saturated heterocycles. The van der Waals surface area contributed by atoms with E-state index in [0.717, 1.165) is 17.5 Å². The fourth-order valence-electron chi connectivity index (χ4n) is 2.95. The van der Waals surface area contributed by atoms with Crippen LogP contribution in [0.5, 0.6) is 5.75 Å². The summed E-state index contributed by atoms with van der Waals surface area (Å²) >= 11 is 5.98. The monoisotopic (exact) mass is 491 g/mol. The number of nitrogens with one attached hydrogen (secondary N) is 1. The van der Waals surface area contributed by atoms with Gasteiger partial charge >= 0.3 is 7.60 Å². The Balaban J connectivity index is 0.00000480. The van der Waals surface area contributed by atoms with Crippen LogP contribution in [0.3, 0.4) is 0 Å². The van der Waals surface area contributed by atoms with Crippen LogP contribution < -0.4 is 10.1 Å². The summed E-state index contributed by atoms with van der Waals surface area (Å²) in [6.45, 7) is 6.64. The van der Waals surface area contributed by atoms with E-state index in [2.05, 4.69) is 12.2 Å². The van der Waals surface area contributed by atoms with E-state index in [9.17, 15) is 9.67 Å². The van der Waals surface area contributed by atoms with Gasteiger partial charge in [0, 0.05) is 17.6 Å². The highest BCUT2D eigenvalue weighted by molar-refractivity contribution is 7.53. The third-order valence-electron chi connectivity index (χ3n) is 4.40. The summed E-state index contributed by atoms with van der Waals surface area (Å²) in [5.41, 5.74) is 1.91. The van der Waals surface area contributed by atoms with Gasteiger partial charge in [0.1, 0.15) is 5.75 Å². The number of hydrogen-bond acceptors (Lipinski definition) is 6. The first-order valence-corrected chi connectivity index (χ1v) is 12.2.